The highest BCUT2D eigenvalue weighted by Gasteiger charge is 2.41. The molecule has 2 heteroatoms. The van der Waals surface area contributed by atoms with E-state index in [9.17, 15) is 0 Å². The zero-order valence-corrected chi connectivity index (χ0v) is 25.4. The second kappa shape index (κ2) is 7.89. The Bertz CT molecular complexity index is 2420. The van der Waals surface area contributed by atoms with Gasteiger partial charge in [0, 0.05) is 44.1 Å². The predicted octanol–water partition coefficient (Wildman–Crippen LogP) is 11.1. The number of hydrogen-bond donors (Lipinski definition) is 1. The minimum Gasteiger partial charge on any atom is -0.355 e. The molecule has 0 atom stereocenters. The Morgan fingerprint density at radius 2 is 1.18 bits per heavy atom. The average molecular weight is 565 g/mol. The van der Waals surface area contributed by atoms with Gasteiger partial charge in [0.05, 0.1) is 16.7 Å². The Labute approximate surface area is 257 Å². The third kappa shape index (κ3) is 2.78. The maximum absolute atomic E-state index is 3.89. The SMILES string of the molecule is CC1(C)c2ccccc2-c2cc(Nc3cccc4c3c3ccc5c6c3n4-c3ccccc3-c3cccc(c3-6)C5(C)C)ccc21. The summed E-state index contributed by atoms with van der Waals surface area (Å²) in [5.41, 5.74) is 19.7. The van der Waals surface area contributed by atoms with E-state index in [2.05, 4.69) is 153 Å². The van der Waals surface area contributed by atoms with Gasteiger partial charge >= 0.3 is 0 Å². The highest BCUT2D eigenvalue weighted by Crippen LogP contribution is 2.58. The number of rotatable bonds is 2. The molecule has 1 N–H and O–H groups in total. The number of hydrogen-bond acceptors (Lipinski definition) is 1. The summed E-state index contributed by atoms with van der Waals surface area (Å²) in [7, 11) is 0. The fraction of sp³-hybridized carbons (Fsp3) is 0.143. The number of aromatic nitrogens is 1. The van der Waals surface area contributed by atoms with Crippen molar-refractivity contribution < 1.29 is 0 Å². The number of nitrogens with zero attached hydrogens (tertiary/aromatic N) is 1. The second-order valence-corrected chi connectivity index (χ2v) is 13.8. The van der Waals surface area contributed by atoms with Gasteiger partial charge in [0.1, 0.15) is 0 Å². The molecule has 10 rings (SSSR count). The van der Waals surface area contributed by atoms with Gasteiger partial charge < -0.3 is 9.88 Å². The van der Waals surface area contributed by atoms with Crippen LogP contribution in [0.15, 0.2) is 115 Å². The van der Waals surface area contributed by atoms with E-state index in [-0.39, 0.29) is 10.8 Å². The van der Waals surface area contributed by atoms with E-state index < -0.39 is 0 Å². The number of anilines is 2. The molecule has 0 fully saturated rings. The lowest BCUT2D eigenvalue weighted by Gasteiger charge is -2.22. The van der Waals surface area contributed by atoms with Gasteiger partial charge in [-0.15, -0.1) is 0 Å². The van der Waals surface area contributed by atoms with E-state index in [1.807, 2.05) is 0 Å². The molecule has 210 valence electrons. The highest BCUT2D eigenvalue weighted by atomic mass is 15.0. The summed E-state index contributed by atoms with van der Waals surface area (Å²) >= 11 is 0. The first-order valence-electron chi connectivity index (χ1n) is 15.7. The Hall–Kier alpha value is -5.08. The molecular weight excluding hydrogens is 532 g/mol. The third-order valence-electron chi connectivity index (χ3n) is 10.9. The van der Waals surface area contributed by atoms with E-state index in [0.29, 0.717) is 0 Å². The van der Waals surface area contributed by atoms with Crippen LogP contribution in [0.2, 0.25) is 0 Å². The normalized spacial score (nSPS) is 15.6. The van der Waals surface area contributed by atoms with Crippen molar-refractivity contribution in [2.75, 3.05) is 5.32 Å². The molecule has 2 heterocycles. The zero-order valence-electron chi connectivity index (χ0n) is 25.4. The Balaban J connectivity index is 1.25. The van der Waals surface area contributed by atoms with Crippen molar-refractivity contribution in [1.82, 2.24) is 4.57 Å². The smallest absolute Gasteiger partial charge is 0.0623 e. The first-order valence-corrected chi connectivity index (χ1v) is 15.7. The first-order chi connectivity index (χ1) is 21.4. The van der Waals surface area contributed by atoms with Crippen molar-refractivity contribution >= 4 is 33.2 Å². The molecule has 0 spiro atoms. The van der Waals surface area contributed by atoms with E-state index in [1.165, 1.54) is 83.1 Å². The standard InChI is InChI=1S/C42H32N2/c1-41(2)30-14-7-5-11-25(30)29-23-24(19-21-31(29)41)43-34-16-10-18-36-38(34)28-20-22-33-39-37-27(13-9-15-32(37)42(33,3)4)26-12-6-8-17-35(26)44(36)40(28)39/h5-23,43H,1-4H3. The summed E-state index contributed by atoms with van der Waals surface area (Å²) in [4.78, 5) is 0. The topological polar surface area (TPSA) is 17.0 Å². The van der Waals surface area contributed by atoms with Crippen LogP contribution in [0.25, 0.3) is 60.9 Å². The van der Waals surface area contributed by atoms with Crippen molar-refractivity contribution in [3.63, 3.8) is 0 Å². The molecule has 7 aromatic rings. The molecule has 2 aliphatic carbocycles. The van der Waals surface area contributed by atoms with Gasteiger partial charge in [-0.2, -0.15) is 0 Å². The molecule has 0 bridgehead atoms. The Morgan fingerprint density at radius 3 is 2.07 bits per heavy atom. The minimum absolute atomic E-state index is 0.00232. The summed E-state index contributed by atoms with van der Waals surface area (Å²) in [6.45, 7) is 9.44. The van der Waals surface area contributed by atoms with Gasteiger partial charge in [0.2, 0.25) is 0 Å². The van der Waals surface area contributed by atoms with Gasteiger partial charge in [0.15, 0.2) is 0 Å². The lowest BCUT2D eigenvalue weighted by Crippen LogP contribution is -2.15. The molecule has 1 aliphatic heterocycles. The van der Waals surface area contributed by atoms with E-state index in [0.717, 1.165) is 11.4 Å². The van der Waals surface area contributed by atoms with E-state index in [1.54, 1.807) is 0 Å². The average Bonchev–Trinajstić information content (AvgIpc) is 3.54. The monoisotopic (exact) mass is 564 g/mol. The third-order valence-corrected chi connectivity index (χ3v) is 10.9. The van der Waals surface area contributed by atoms with Crippen molar-refractivity contribution in [1.29, 1.82) is 0 Å². The van der Waals surface area contributed by atoms with Gasteiger partial charge in [-0.05, 0) is 74.8 Å². The Morgan fingerprint density at radius 1 is 0.523 bits per heavy atom. The second-order valence-electron chi connectivity index (χ2n) is 13.8. The van der Waals surface area contributed by atoms with Crippen molar-refractivity contribution in [2.45, 2.75) is 38.5 Å². The molecule has 0 unspecified atom stereocenters. The van der Waals surface area contributed by atoms with Crippen LogP contribution in [0, 0.1) is 0 Å². The van der Waals surface area contributed by atoms with Crippen molar-refractivity contribution in [3.8, 4) is 39.1 Å². The molecule has 1 aromatic heterocycles. The molecular formula is C42H32N2. The molecule has 0 amide bonds. The maximum Gasteiger partial charge on any atom is 0.0623 e. The van der Waals surface area contributed by atoms with Crippen LogP contribution in [-0.4, -0.2) is 4.57 Å². The molecule has 44 heavy (non-hydrogen) atoms. The van der Waals surface area contributed by atoms with Crippen molar-refractivity contribution in [2.24, 2.45) is 0 Å². The van der Waals surface area contributed by atoms with E-state index in [4.69, 9.17) is 0 Å². The first kappa shape index (κ1) is 24.4. The maximum atomic E-state index is 3.89. The number of fused-ring (bicyclic) bond motifs is 9. The fourth-order valence-electron chi connectivity index (χ4n) is 8.85. The highest BCUT2D eigenvalue weighted by molar-refractivity contribution is 6.22. The van der Waals surface area contributed by atoms with Crippen LogP contribution in [0.3, 0.4) is 0 Å². The summed E-state index contributed by atoms with van der Waals surface area (Å²) in [6.07, 6.45) is 0. The lowest BCUT2D eigenvalue weighted by molar-refractivity contribution is 0.660. The van der Waals surface area contributed by atoms with Crippen LogP contribution >= 0.6 is 0 Å². The van der Waals surface area contributed by atoms with Gasteiger partial charge in [0.25, 0.3) is 0 Å². The quantitative estimate of drug-likeness (QED) is 0.221. The number of benzene rings is 6. The van der Waals surface area contributed by atoms with Gasteiger partial charge in [-0.3, -0.25) is 0 Å². The van der Waals surface area contributed by atoms with Gasteiger partial charge in [-0.1, -0.05) is 113 Å². The summed E-state index contributed by atoms with van der Waals surface area (Å²) in [6, 6.07) is 43.1. The largest absolute Gasteiger partial charge is 0.355 e. The van der Waals surface area contributed by atoms with Crippen LogP contribution < -0.4 is 5.32 Å². The molecule has 0 saturated carbocycles. The molecule has 2 nitrogen and oxygen atoms in total. The minimum atomic E-state index is -0.0575. The molecule has 0 radical (unpaired) electrons. The van der Waals surface area contributed by atoms with E-state index >= 15 is 0 Å². The summed E-state index contributed by atoms with van der Waals surface area (Å²) < 4.78 is 2.54. The van der Waals surface area contributed by atoms with Gasteiger partial charge in [-0.25, -0.2) is 0 Å². The number of nitrogens with one attached hydrogen (secondary N) is 1. The molecule has 3 aliphatic rings. The lowest BCUT2D eigenvalue weighted by atomic mass is 9.81. The fourth-order valence-corrected chi connectivity index (χ4v) is 8.85. The zero-order chi connectivity index (χ0) is 29.5. The molecule has 0 saturated heterocycles. The Kier molecular flexibility index (Phi) is 4.37. The summed E-state index contributed by atoms with van der Waals surface area (Å²) in [5.74, 6) is 0. The van der Waals surface area contributed by atoms with Crippen LogP contribution in [0.5, 0.6) is 0 Å². The molecule has 6 aromatic carbocycles. The predicted molar refractivity (Wildman–Crippen MR) is 185 cm³/mol. The van der Waals surface area contributed by atoms with Crippen LogP contribution in [-0.2, 0) is 10.8 Å². The van der Waals surface area contributed by atoms with Crippen LogP contribution in [0.1, 0.15) is 49.9 Å². The van der Waals surface area contributed by atoms with Crippen molar-refractivity contribution in [3.05, 3.63) is 138 Å². The van der Waals surface area contributed by atoms with Crippen LogP contribution in [0.4, 0.5) is 11.4 Å². The number of para-hydroxylation sites is 1. The summed E-state index contributed by atoms with van der Waals surface area (Å²) in [5, 5.41) is 6.46.